The van der Waals surface area contributed by atoms with Crippen molar-refractivity contribution in [2.24, 2.45) is 0 Å². The Kier molecular flexibility index (Phi) is 4.37. The maximum absolute atomic E-state index is 12.4. The van der Waals surface area contributed by atoms with Crippen molar-refractivity contribution in [1.82, 2.24) is 0 Å². The molecule has 2 rings (SSSR count). The monoisotopic (exact) mass is 344 g/mol. The molecule has 21 heavy (non-hydrogen) atoms. The summed E-state index contributed by atoms with van der Waals surface area (Å²) in [4.78, 5) is 0.106. The van der Waals surface area contributed by atoms with Crippen molar-refractivity contribution in [2.75, 3.05) is 10.5 Å². The molecule has 112 valence electrons. The zero-order valence-corrected chi connectivity index (χ0v) is 13.8. The van der Waals surface area contributed by atoms with Gasteiger partial charge in [0.25, 0.3) is 10.0 Å². The van der Waals surface area contributed by atoms with Crippen LogP contribution in [0.3, 0.4) is 0 Å². The number of nitrogen functional groups attached to an aromatic ring is 1. The highest BCUT2D eigenvalue weighted by Crippen LogP contribution is 2.27. The van der Waals surface area contributed by atoms with Crippen LogP contribution in [0.15, 0.2) is 35.2 Å². The number of rotatable bonds is 3. The van der Waals surface area contributed by atoms with E-state index in [1.807, 2.05) is 13.8 Å². The van der Waals surface area contributed by atoms with Crippen LogP contribution >= 0.6 is 23.2 Å². The number of hydrogen-bond donors (Lipinski definition) is 2. The lowest BCUT2D eigenvalue weighted by atomic mass is 10.1. The number of anilines is 2. The van der Waals surface area contributed by atoms with Crippen LogP contribution in [-0.4, -0.2) is 8.42 Å². The molecule has 0 unspecified atom stereocenters. The fourth-order valence-corrected chi connectivity index (χ4v) is 3.25. The SMILES string of the molecule is Cc1cc(S(=O)(=O)Nc2ccc(Cl)c(Cl)c2)cc(N)c1C. The Balaban J connectivity index is 2.40. The van der Waals surface area contributed by atoms with Crippen molar-refractivity contribution >= 4 is 44.6 Å². The van der Waals surface area contributed by atoms with Crippen molar-refractivity contribution < 1.29 is 8.42 Å². The van der Waals surface area contributed by atoms with Gasteiger partial charge in [-0.2, -0.15) is 0 Å². The van der Waals surface area contributed by atoms with Crippen molar-refractivity contribution in [3.05, 3.63) is 51.5 Å². The van der Waals surface area contributed by atoms with Crippen molar-refractivity contribution in [1.29, 1.82) is 0 Å². The largest absolute Gasteiger partial charge is 0.398 e. The van der Waals surface area contributed by atoms with Gasteiger partial charge in [0.15, 0.2) is 0 Å². The molecule has 0 heterocycles. The molecule has 4 nitrogen and oxygen atoms in total. The van der Waals surface area contributed by atoms with Crippen LogP contribution in [0.4, 0.5) is 11.4 Å². The predicted octanol–water partition coefficient (Wildman–Crippen LogP) is 3.99. The predicted molar refractivity (Wildman–Crippen MR) is 87.6 cm³/mol. The maximum Gasteiger partial charge on any atom is 0.261 e. The van der Waals surface area contributed by atoms with Crippen LogP contribution in [-0.2, 0) is 10.0 Å². The molecule has 2 aromatic rings. The minimum atomic E-state index is -3.74. The van der Waals surface area contributed by atoms with Gasteiger partial charge in [0.2, 0.25) is 0 Å². The quantitative estimate of drug-likeness (QED) is 0.826. The maximum atomic E-state index is 12.4. The van der Waals surface area contributed by atoms with Crippen LogP contribution in [0, 0.1) is 13.8 Å². The minimum absolute atomic E-state index is 0.106. The summed E-state index contributed by atoms with van der Waals surface area (Å²) in [6.45, 7) is 3.65. The number of nitrogens with one attached hydrogen (secondary N) is 1. The van der Waals surface area contributed by atoms with E-state index in [0.29, 0.717) is 16.4 Å². The van der Waals surface area contributed by atoms with E-state index in [9.17, 15) is 8.42 Å². The summed E-state index contributed by atoms with van der Waals surface area (Å²) in [5.74, 6) is 0. The number of nitrogens with two attached hydrogens (primary N) is 1. The van der Waals surface area contributed by atoms with E-state index in [0.717, 1.165) is 11.1 Å². The average molecular weight is 345 g/mol. The van der Waals surface area contributed by atoms with Crippen LogP contribution < -0.4 is 10.5 Å². The van der Waals surface area contributed by atoms with Gasteiger partial charge in [-0.1, -0.05) is 23.2 Å². The molecule has 0 saturated heterocycles. The van der Waals surface area contributed by atoms with E-state index in [4.69, 9.17) is 28.9 Å². The second-order valence-corrected chi connectivity index (χ2v) is 7.19. The first-order valence-electron chi connectivity index (χ1n) is 6.05. The summed E-state index contributed by atoms with van der Waals surface area (Å²) in [7, 11) is -3.74. The first-order chi connectivity index (χ1) is 9.70. The molecule has 0 aliphatic heterocycles. The molecule has 0 bridgehead atoms. The summed E-state index contributed by atoms with van der Waals surface area (Å²) in [5.41, 5.74) is 8.27. The highest BCUT2D eigenvalue weighted by atomic mass is 35.5. The zero-order valence-electron chi connectivity index (χ0n) is 11.4. The molecule has 7 heteroatoms. The van der Waals surface area contributed by atoms with Crippen LogP contribution in [0.5, 0.6) is 0 Å². The summed E-state index contributed by atoms with van der Waals surface area (Å²) in [6.07, 6.45) is 0. The highest BCUT2D eigenvalue weighted by molar-refractivity contribution is 7.92. The summed E-state index contributed by atoms with van der Waals surface area (Å²) in [5, 5.41) is 0.631. The molecule has 0 spiro atoms. The molecule has 0 aliphatic rings. The van der Waals surface area contributed by atoms with E-state index in [2.05, 4.69) is 4.72 Å². The molecule has 3 N–H and O–H groups in total. The normalized spacial score (nSPS) is 11.4. The van der Waals surface area contributed by atoms with Gasteiger partial charge >= 0.3 is 0 Å². The van der Waals surface area contributed by atoms with Gasteiger partial charge in [0.1, 0.15) is 0 Å². The molecule has 0 radical (unpaired) electrons. The second kappa shape index (κ2) is 5.75. The van der Waals surface area contributed by atoms with Crippen LogP contribution in [0.2, 0.25) is 10.0 Å². The Morgan fingerprint density at radius 1 is 1.05 bits per heavy atom. The summed E-state index contributed by atoms with van der Waals surface area (Å²) >= 11 is 11.7. The molecule has 0 fully saturated rings. The zero-order chi connectivity index (χ0) is 15.8. The third-order valence-corrected chi connectivity index (χ3v) is 5.26. The third-order valence-electron chi connectivity index (χ3n) is 3.16. The minimum Gasteiger partial charge on any atom is -0.398 e. The lowest BCUT2D eigenvalue weighted by molar-refractivity contribution is 0.601. The molecule has 0 amide bonds. The van der Waals surface area contributed by atoms with Gasteiger partial charge in [0, 0.05) is 5.69 Å². The fraction of sp³-hybridized carbons (Fsp3) is 0.143. The Hall–Kier alpha value is -1.43. The van der Waals surface area contributed by atoms with Crippen LogP contribution in [0.25, 0.3) is 0 Å². The first-order valence-corrected chi connectivity index (χ1v) is 8.29. The van der Waals surface area contributed by atoms with Crippen molar-refractivity contribution in [2.45, 2.75) is 18.7 Å². The topological polar surface area (TPSA) is 72.2 Å². The van der Waals surface area contributed by atoms with Crippen LogP contribution in [0.1, 0.15) is 11.1 Å². The smallest absolute Gasteiger partial charge is 0.261 e. The Morgan fingerprint density at radius 3 is 2.29 bits per heavy atom. The van der Waals surface area contributed by atoms with Crippen molar-refractivity contribution in [3.63, 3.8) is 0 Å². The molecular weight excluding hydrogens is 331 g/mol. The van der Waals surface area contributed by atoms with E-state index in [1.54, 1.807) is 6.07 Å². The average Bonchev–Trinajstić information content (AvgIpc) is 2.39. The molecular formula is C14H14Cl2N2O2S. The number of benzene rings is 2. The lowest BCUT2D eigenvalue weighted by Crippen LogP contribution is -2.14. The third kappa shape index (κ3) is 3.43. The molecule has 0 saturated carbocycles. The Bertz CT molecular complexity index is 782. The van der Waals surface area contributed by atoms with Gasteiger partial charge in [-0.15, -0.1) is 0 Å². The highest BCUT2D eigenvalue weighted by Gasteiger charge is 2.17. The number of sulfonamides is 1. The molecule has 0 aromatic heterocycles. The standard InChI is InChI=1S/C14H14Cl2N2O2S/c1-8-5-11(7-14(17)9(8)2)21(19,20)18-10-3-4-12(15)13(16)6-10/h3-7,18H,17H2,1-2H3. The van der Waals surface area contributed by atoms with E-state index in [-0.39, 0.29) is 9.92 Å². The summed E-state index contributed by atoms with van der Waals surface area (Å²) in [6, 6.07) is 7.52. The van der Waals surface area contributed by atoms with E-state index in [1.165, 1.54) is 24.3 Å². The van der Waals surface area contributed by atoms with Gasteiger partial charge in [0.05, 0.1) is 20.6 Å². The van der Waals surface area contributed by atoms with Gasteiger partial charge in [-0.25, -0.2) is 8.42 Å². The van der Waals surface area contributed by atoms with E-state index < -0.39 is 10.0 Å². The van der Waals surface area contributed by atoms with Gasteiger partial charge < -0.3 is 5.73 Å². The number of hydrogen-bond acceptors (Lipinski definition) is 3. The van der Waals surface area contributed by atoms with Gasteiger partial charge in [-0.3, -0.25) is 4.72 Å². The van der Waals surface area contributed by atoms with E-state index >= 15 is 0 Å². The molecule has 0 aliphatic carbocycles. The lowest BCUT2D eigenvalue weighted by Gasteiger charge is -2.12. The first kappa shape index (κ1) is 15.9. The second-order valence-electron chi connectivity index (χ2n) is 4.69. The Labute approximate surface area is 133 Å². The fourth-order valence-electron chi connectivity index (χ4n) is 1.78. The molecule has 2 aromatic carbocycles. The number of aryl methyl sites for hydroxylation is 1. The van der Waals surface area contributed by atoms with Gasteiger partial charge in [-0.05, 0) is 55.3 Å². The number of halogens is 2. The Morgan fingerprint density at radius 2 is 1.71 bits per heavy atom. The summed E-state index contributed by atoms with van der Waals surface area (Å²) < 4.78 is 27.2. The molecule has 0 atom stereocenters. The van der Waals surface area contributed by atoms with Crippen molar-refractivity contribution in [3.8, 4) is 0 Å².